The first-order valence-electron chi connectivity index (χ1n) is 5.94. The van der Waals surface area contributed by atoms with Crippen LogP contribution in [0.15, 0.2) is 36.5 Å². The fourth-order valence-electron chi connectivity index (χ4n) is 1.73. The molecule has 2 rings (SSSR count). The average Bonchev–Trinajstić information content (AvgIpc) is 2.39. The van der Waals surface area contributed by atoms with Crippen LogP contribution < -0.4 is 5.73 Å². The highest BCUT2D eigenvalue weighted by Gasteiger charge is 1.96. The van der Waals surface area contributed by atoms with Gasteiger partial charge in [0, 0.05) is 23.6 Å². The maximum atomic E-state index is 5.44. The van der Waals surface area contributed by atoms with Crippen LogP contribution in [0.2, 0.25) is 0 Å². The first-order chi connectivity index (χ1) is 8.42. The number of fused-ring (bicyclic) bond motifs is 1. The highest BCUT2D eigenvalue weighted by molar-refractivity contribution is 5.84. The van der Waals surface area contributed by atoms with E-state index in [9.17, 15) is 0 Å². The third-order valence-electron chi connectivity index (χ3n) is 2.62. The molecular weight excluding hydrogens is 208 g/mol. The molecule has 2 nitrogen and oxygen atoms in total. The normalized spacial score (nSPS) is 9.94. The van der Waals surface area contributed by atoms with E-state index in [1.54, 1.807) is 6.20 Å². The van der Waals surface area contributed by atoms with E-state index in [-0.39, 0.29) is 0 Å². The third kappa shape index (κ3) is 3.05. The lowest BCUT2D eigenvalue weighted by Crippen LogP contribution is -1.96. The molecule has 0 spiro atoms. The molecular formula is C15H16N2. The van der Waals surface area contributed by atoms with Crippen LogP contribution in [0, 0.1) is 11.8 Å². The molecule has 1 heterocycles. The van der Waals surface area contributed by atoms with Crippen molar-refractivity contribution >= 4 is 10.9 Å². The highest BCUT2D eigenvalue weighted by atomic mass is 14.6. The average molecular weight is 224 g/mol. The second-order valence-corrected chi connectivity index (χ2v) is 3.92. The quantitative estimate of drug-likeness (QED) is 0.643. The summed E-state index contributed by atoms with van der Waals surface area (Å²) in [6.07, 6.45) is 4.84. The zero-order valence-corrected chi connectivity index (χ0v) is 9.82. The minimum atomic E-state index is 0.750. The topological polar surface area (TPSA) is 38.9 Å². The summed E-state index contributed by atoms with van der Waals surface area (Å²) >= 11 is 0. The fourth-order valence-corrected chi connectivity index (χ4v) is 1.73. The summed E-state index contributed by atoms with van der Waals surface area (Å²) in [6.45, 7) is 0.750. The second-order valence-electron chi connectivity index (χ2n) is 3.92. The molecule has 0 amide bonds. The van der Waals surface area contributed by atoms with Gasteiger partial charge in [-0.1, -0.05) is 24.0 Å². The monoisotopic (exact) mass is 224 g/mol. The maximum Gasteiger partial charge on any atom is 0.0714 e. The van der Waals surface area contributed by atoms with E-state index in [1.165, 1.54) is 0 Å². The van der Waals surface area contributed by atoms with Gasteiger partial charge in [-0.2, -0.15) is 0 Å². The number of hydrogen-bond donors (Lipinski definition) is 1. The van der Waals surface area contributed by atoms with Crippen molar-refractivity contribution in [2.45, 2.75) is 19.3 Å². The van der Waals surface area contributed by atoms with Crippen molar-refractivity contribution < 1.29 is 0 Å². The summed E-state index contributed by atoms with van der Waals surface area (Å²) < 4.78 is 0. The van der Waals surface area contributed by atoms with Crippen molar-refractivity contribution in [2.75, 3.05) is 6.54 Å². The van der Waals surface area contributed by atoms with Crippen molar-refractivity contribution in [2.24, 2.45) is 5.73 Å². The van der Waals surface area contributed by atoms with Crippen LogP contribution in [0.1, 0.15) is 24.8 Å². The molecule has 0 aliphatic carbocycles. The molecule has 0 saturated carbocycles. The molecule has 86 valence electrons. The molecule has 0 aliphatic rings. The van der Waals surface area contributed by atoms with Crippen LogP contribution in [-0.4, -0.2) is 11.5 Å². The summed E-state index contributed by atoms with van der Waals surface area (Å²) in [7, 11) is 0. The molecule has 0 saturated heterocycles. The third-order valence-corrected chi connectivity index (χ3v) is 2.62. The van der Waals surface area contributed by atoms with Crippen LogP contribution >= 0.6 is 0 Å². The Hall–Kier alpha value is -1.85. The molecule has 0 fully saturated rings. The van der Waals surface area contributed by atoms with E-state index in [0.717, 1.165) is 42.3 Å². The van der Waals surface area contributed by atoms with Crippen molar-refractivity contribution in [1.82, 2.24) is 4.98 Å². The Balaban J connectivity index is 2.18. The predicted molar refractivity (Wildman–Crippen MR) is 71.5 cm³/mol. The van der Waals surface area contributed by atoms with Crippen molar-refractivity contribution in [3.05, 3.63) is 42.1 Å². The molecule has 2 heteroatoms. The summed E-state index contributed by atoms with van der Waals surface area (Å²) in [5.41, 5.74) is 7.50. The molecule has 0 unspecified atom stereocenters. The van der Waals surface area contributed by atoms with Gasteiger partial charge in [-0.25, -0.2) is 0 Å². The van der Waals surface area contributed by atoms with Crippen molar-refractivity contribution in [3.8, 4) is 11.8 Å². The zero-order valence-electron chi connectivity index (χ0n) is 9.82. The number of aromatic nitrogens is 1. The number of rotatable bonds is 3. The fraction of sp³-hybridized carbons (Fsp3) is 0.267. The van der Waals surface area contributed by atoms with Gasteiger partial charge >= 0.3 is 0 Å². The number of unbranched alkanes of at least 4 members (excludes halogenated alkanes) is 2. The summed E-state index contributed by atoms with van der Waals surface area (Å²) in [6, 6.07) is 10.1. The van der Waals surface area contributed by atoms with Gasteiger partial charge in [-0.3, -0.25) is 4.98 Å². The van der Waals surface area contributed by atoms with E-state index >= 15 is 0 Å². The Bertz CT molecular complexity index is 544. The van der Waals surface area contributed by atoms with Gasteiger partial charge < -0.3 is 5.73 Å². The first-order valence-corrected chi connectivity index (χ1v) is 5.94. The zero-order chi connectivity index (χ0) is 11.9. The number of pyridine rings is 1. The van der Waals surface area contributed by atoms with Crippen LogP contribution in [-0.2, 0) is 0 Å². The lowest BCUT2D eigenvalue weighted by atomic mass is 10.1. The highest BCUT2D eigenvalue weighted by Crippen LogP contribution is 2.15. The van der Waals surface area contributed by atoms with Gasteiger partial charge in [0.2, 0.25) is 0 Å². The molecule has 2 N–H and O–H groups in total. The van der Waals surface area contributed by atoms with E-state index in [0.29, 0.717) is 0 Å². The number of hydrogen-bond acceptors (Lipinski definition) is 2. The Morgan fingerprint density at radius 1 is 1.12 bits per heavy atom. The molecule has 2 aromatic rings. The molecule has 0 aliphatic heterocycles. The lowest BCUT2D eigenvalue weighted by molar-refractivity contribution is 0.768. The smallest absolute Gasteiger partial charge is 0.0714 e. The minimum Gasteiger partial charge on any atom is -0.330 e. The number of nitrogens with zero attached hydrogens (tertiary/aromatic N) is 1. The summed E-state index contributed by atoms with van der Waals surface area (Å²) in [5, 5.41) is 1.13. The molecule has 0 bridgehead atoms. The van der Waals surface area contributed by atoms with Crippen molar-refractivity contribution in [1.29, 1.82) is 0 Å². The van der Waals surface area contributed by atoms with Crippen LogP contribution in [0.25, 0.3) is 10.9 Å². The summed E-state index contributed by atoms with van der Waals surface area (Å²) in [4.78, 5) is 4.32. The Kier molecular flexibility index (Phi) is 4.12. The van der Waals surface area contributed by atoms with Gasteiger partial charge in [0.05, 0.1) is 5.52 Å². The number of benzene rings is 1. The van der Waals surface area contributed by atoms with Gasteiger partial charge in [0.1, 0.15) is 0 Å². The van der Waals surface area contributed by atoms with Gasteiger partial charge in [0.25, 0.3) is 0 Å². The predicted octanol–water partition coefficient (Wildman–Crippen LogP) is 2.72. The van der Waals surface area contributed by atoms with Gasteiger partial charge in [-0.15, -0.1) is 0 Å². The molecule has 0 radical (unpaired) electrons. The molecule has 1 aromatic carbocycles. The van der Waals surface area contributed by atoms with Gasteiger partial charge in [0.15, 0.2) is 0 Å². The SMILES string of the molecule is NCCCCC#Cc1cccc2ncccc12. The van der Waals surface area contributed by atoms with E-state index in [4.69, 9.17) is 5.73 Å². The Morgan fingerprint density at radius 2 is 2.06 bits per heavy atom. The minimum absolute atomic E-state index is 0.750. The van der Waals surface area contributed by atoms with Gasteiger partial charge in [-0.05, 0) is 37.6 Å². The van der Waals surface area contributed by atoms with Crippen LogP contribution in [0.3, 0.4) is 0 Å². The standard InChI is InChI=1S/C15H16N2/c16-11-4-2-1-3-7-13-8-5-10-15-14(13)9-6-12-17-15/h5-6,8-10,12H,1-2,4,11,16H2. The molecule has 1 aromatic heterocycles. The maximum absolute atomic E-state index is 5.44. The molecule has 0 atom stereocenters. The largest absolute Gasteiger partial charge is 0.330 e. The van der Waals surface area contributed by atoms with Crippen molar-refractivity contribution in [3.63, 3.8) is 0 Å². The Morgan fingerprint density at radius 3 is 2.94 bits per heavy atom. The van der Waals surface area contributed by atoms with Crippen LogP contribution in [0.4, 0.5) is 0 Å². The first kappa shape index (κ1) is 11.6. The lowest BCUT2D eigenvalue weighted by Gasteiger charge is -1.98. The van der Waals surface area contributed by atoms with E-state index in [2.05, 4.69) is 22.9 Å². The second kappa shape index (κ2) is 6.03. The Labute approximate surface area is 102 Å². The number of nitrogens with two attached hydrogens (primary N) is 1. The van der Waals surface area contributed by atoms with E-state index in [1.807, 2.05) is 24.3 Å². The molecule has 17 heavy (non-hydrogen) atoms. The van der Waals surface area contributed by atoms with E-state index < -0.39 is 0 Å². The summed E-state index contributed by atoms with van der Waals surface area (Å²) in [5.74, 6) is 6.41. The van der Waals surface area contributed by atoms with Crippen LogP contribution in [0.5, 0.6) is 0 Å².